The number of ether oxygens (including phenoxy) is 1. The molecule has 2 aromatic rings. The van der Waals surface area contributed by atoms with Crippen molar-refractivity contribution in [2.24, 2.45) is 0 Å². The Morgan fingerprint density at radius 1 is 0.862 bits per heavy atom. The molecule has 0 aromatic heterocycles. The lowest BCUT2D eigenvalue weighted by Gasteiger charge is -2.32. The molecule has 0 fully saturated rings. The molecule has 0 aliphatic heterocycles. The average molecular weight is 506 g/mol. The van der Waals surface area contributed by atoms with E-state index in [1.807, 2.05) is 82.3 Å². The number of carbonyl (C=O) groups is 2. The summed E-state index contributed by atoms with van der Waals surface area (Å²) in [6, 6.07) is 16.7. The first-order valence-electron chi connectivity index (χ1n) is 10.2. The van der Waals surface area contributed by atoms with E-state index in [0.717, 1.165) is 29.3 Å². The van der Waals surface area contributed by atoms with Crippen molar-refractivity contribution in [2.45, 2.75) is 64.4 Å². The van der Waals surface area contributed by atoms with Crippen LogP contribution in [0.3, 0.4) is 0 Å². The number of carbonyl (C=O) groups excluding carboxylic acids is 2. The van der Waals surface area contributed by atoms with Gasteiger partial charge in [0.05, 0.1) is 5.41 Å². The highest BCUT2D eigenvalue weighted by Crippen LogP contribution is 2.34. The van der Waals surface area contributed by atoms with Crippen LogP contribution in [0.4, 0.5) is 0 Å². The molecule has 0 N–H and O–H groups in total. The van der Waals surface area contributed by atoms with Gasteiger partial charge in [-0.3, -0.25) is 9.59 Å². The van der Waals surface area contributed by atoms with Gasteiger partial charge in [-0.05, 0) is 56.6 Å². The molecule has 1 unspecified atom stereocenters. The third-order valence-electron chi connectivity index (χ3n) is 4.96. The second kappa shape index (κ2) is 10.4. The van der Waals surface area contributed by atoms with Crippen molar-refractivity contribution in [3.63, 3.8) is 0 Å². The summed E-state index contributed by atoms with van der Waals surface area (Å²) in [6.07, 6.45) is 3.85. The van der Waals surface area contributed by atoms with E-state index < -0.39 is 11.0 Å². The number of hydrogen-bond donors (Lipinski definition) is 0. The van der Waals surface area contributed by atoms with Gasteiger partial charge in [0.2, 0.25) is 0 Å². The Morgan fingerprint density at radius 3 is 2.14 bits per heavy atom. The maximum Gasteiger partial charge on any atom is 0.316 e. The van der Waals surface area contributed by atoms with Crippen LogP contribution in [0, 0.1) is 0 Å². The molecule has 1 atom stereocenters. The Hall–Kier alpha value is -1.69. The van der Waals surface area contributed by atoms with E-state index >= 15 is 0 Å². The van der Waals surface area contributed by atoms with E-state index in [-0.39, 0.29) is 11.8 Å². The van der Waals surface area contributed by atoms with E-state index in [0.29, 0.717) is 17.5 Å². The van der Waals surface area contributed by atoms with Crippen LogP contribution in [0.2, 0.25) is 0 Å². The lowest BCUT2D eigenvalue weighted by molar-refractivity contribution is -0.162. The van der Waals surface area contributed by atoms with Crippen LogP contribution in [0.15, 0.2) is 54.6 Å². The summed E-state index contributed by atoms with van der Waals surface area (Å²) in [6.45, 7) is 7.60. The highest BCUT2D eigenvalue weighted by Gasteiger charge is 2.38. The van der Waals surface area contributed by atoms with E-state index in [2.05, 4.69) is 22.6 Å². The number of benzene rings is 2. The first kappa shape index (κ1) is 23.6. The number of halogens is 1. The molecule has 3 nitrogen and oxygen atoms in total. The van der Waals surface area contributed by atoms with Gasteiger partial charge in [0.25, 0.3) is 0 Å². The largest absolute Gasteiger partial charge is 0.459 e. The van der Waals surface area contributed by atoms with Crippen LogP contribution < -0.4 is 0 Å². The number of alkyl halides is 1. The summed E-state index contributed by atoms with van der Waals surface area (Å²) >= 11 is 2.38. The standard InChI is InChI=1S/C25H31IO3/c1-24(2,3)29-23(28)25(4,16-9-6-10-17-26)21-15-11-14-20(18-21)22(27)19-12-7-5-8-13-19/h5,7-8,11-15,18H,6,9-10,16-17H2,1-4H3. The molecule has 0 spiro atoms. The van der Waals surface area contributed by atoms with Crippen molar-refractivity contribution in [3.8, 4) is 0 Å². The Morgan fingerprint density at radius 2 is 1.52 bits per heavy atom. The number of unbranched alkanes of at least 4 members (excludes halogenated alkanes) is 2. The summed E-state index contributed by atoms with van der Waals surface area (Å²) in [5.41, 5.74) is 0.730. The molecule has 2 rings (SSSR count). The predicted octanol–water partition coefficient (Wildman–Crippen LogP) is 6.51. The van der Waals surface area contributed by atoms with Gasteiger partial charge in [-0.2, -0.15) is 0 Å². The predicted molar refractivity (Wildman–Crippen MR) is 127 cm³/mol. The molecule has 0 amide bonds. The molecule has 0 saturated heterocycles. The third-order valence-corrected chi connectivity index (χ3v) is 5.72. The molecular formula is C25H31IO3. The van der Waals surface area contributed by atoms with Crippen molar-refractivity contribution in [2.75, 3.05) is 4.43 Å². The van der Waals surface area contributed by atoms with Crippen LogP contribution in [0.25, 0.3) is 0 Å². The molecule has 4 heteroatoms. The lowest BCUT2D eigenvalue weighted by atomic mass is 9.77. The summed E-state index contributed by atoms with van der Waals surface area (Å²) in [5.74, 6) is -0.271. The Bertz CT molecular complexity index is 823. The Labute approximate surface area is 188 Å². The van der Waals surface area contributed by atoms with Crippen LogP contribution in [0.5, 0.6) is 0 Å². The molecular weight excluding hydrogens is 475 g/mol. The minimum absolute atomic E-state index is 0.0381. The van der Waals surface area contributed by atoms with Gasteiger partial charge in [0, 0.05) is 11.1 Å². The van der Waals surface area contributed by atoms with Gasteiger partial charge < -0.3 is 4.74 Å². The molecule has 0 saturated carbocycles. The number of rotatable bonds is 9. The minimum atomic E-state index is -0.786. The molecule has 0 aliphatic rings. The molecule has 0 aliphatic carbocycles. The van der Waals surface area contributed by atoms with Crippen molar-refractivity contribution < 1.29 is 14.3 Å². The van der Waals surface area contributed by atoms with Crippen LogP contribution >= 0.6 is 22.6 Å². The van der Waals surface area contributed by atoms with Gasteiger partial charge in [-0.25, -0.2) is 0 Å². The zero-order valence-corrected chi connectivity index (χ0v) is 20.0. The highest BCUT2D eigenvalue weighted by molar-refractivity contribution is 14.1. The number of esters is 1. The van der Waals surface area contributed by atoms with E-state index in [4.69, 9.17) is 4.74 Å². The summed E-state index contributed by atoms with van der Waals surface area (Å²) in [7, 11) is 0. The first-order chi connectivity index (χ1) is 13.7. The van der Waals surface area contributed by atoms with Crippen molar-refractivity contribution >= 4 is 34.3 Å². The van der Waals surface area contributed by atoms with Crippen molar-refractivity contribution in [1.29, 1.82) is 0 Å². The van der Waals surface area contributed by atoms with Gasteiger partial charge in [0.1, 0.15) is 5.60 Å². The fourth-order valence-electron chi connectivity index (χ4n) is 3.26. The number of hydrogen-bond acceptors (Lipinski definition) is 3. The summed E-state index contributed by atoms with van der Waals surface area (Å²) in [4.78, 5) is 26.1. The van der Waals surface area contributed by atoms with Crippen LogP contribution in [-0.2, 0) is 14.9 Å². The quantitative estimate of drug-likeness (QED) is 0.128. The Balaban J connectivity index is 2.37. The zero-order valence-electron chi connectivity index (χ0n) is 17.8. The molecule has 156 valence electrons. The van der Waals surface area contributed by atoms with Gasteiger partial charge in [0.15, 0.2) is 5.78 Å². The molecule has 0 bridgehead atoms. The van der Waals surface area contributed by atoms with Crippen molar-refractivity contribution in [1.82, 2.24) is 0 Å². The fourth-order valence-corrected chi connectivity index (χ4v) is 3.80. The topological polar surface area (TPSA) is 43.4 Å². The normalized spacial score (nSPS) is 13.6. The lowest BCUT2D eigenvalue weighted by Crippen LogP contribution is -2.39. The molecule has 0 radical (unpaired) electrons. The van der Waals surface area contributed by atoms with E-state index in [9.17, 15) is 9.59 Å². The maximum atomic E-state index is 13.2. The smallest absolute Gasteiger partial charge is 0.316 e. The SMILES string of the molecule is CC(C)(C)OC(=O)C(C)(CCCCCI)c1cccc(C(=O)c2ccccc2)c1. The van der Waals surface area contributed by atoms with Gasteiger partial charge in [-0.1, -0.05) is 84.0 Å². The van der Waals surface area contributed by atoms with E-state index in [1.54, 1.807) is 0 Å². The fraction of sp³-hybridized carbons (Fsp3) is 0.440. The van der Waals surface area contributed by atoms with Gasteiger partial charge in [-0.15, -0.1) is 0 Å². The average Bonchev–Trinajstić information content (AvgIpc) is 2.70. The molecule has 29 heavy (non-hydrogen) atoms. The zero-order chi connectivity index (χ0) is 21.5. The molecule has 0 heterocycles. The summed E-state index contributed by atoms with van der Waals surface area (Å²) in [5, 5.41) is 0. The maximum absolute atomic E-state index is 13.2. The highest BCUT2D eigenvalue weighted by atomic mass is 127. The van der Waals surface area contributed by atoms with Crippen molar-refractivity contribution in [3.05, 3.63) is 71.3 Å². The summed E-state index contributed by atoms with van der Waals surface area (Å²) < 4.78 is 6.89. The van der Waals surface area contributed by atoms with Gasteiger partial charge >= 0.3 is 5.97 Å². The third kappa shape index (κ3) is 6.66. The van der Waals surface area contributed by atoms with Crippen LogP contribution in [-0.4, -0.2) is 21.8 Å². The van der Waals surface area contributed by atoms with E-state index in [1.165, 1.54) is 0 Å². The second-order valence-corrected chi connectivity index (χ2v) is 9.69. The minimum Gasteiger partial charge on any atom is -0.459 e. The monoisotopic (exact) mass is 506 g/mol. The second-order valence-electron chi connectivity index (χ2n) is 8.61. The Kier molecular flexibility index (Phi) is 8.44. The van der Waals surface area contributed by atoms with Crippen LogP contribution in [0.1, 0.15) is 74.9 Å². The first-order valence-corrected chi connectivity index (χ1v) is 11.7. The molecule has 2 aromatic carbocycles. The number of ketones is 1.